The Morgan fingerprint density at radius 2 is 1.69 bits per heavy atom. The van der Waals surface area contributed by atoms with E-state index >= 15 is 0 Å². The van der Waals surface area contributed by atoms with E-state index in [4.69, 9.17) is 5.11 Å². The zero-order valence-electron chi connectivity index (χ0n) is 8.03. The highest BCUT2D eigenvalue weighted by molar-refractivity contribution is 6.37. The lowest BCUT2D eigenvalue weighted by atomic mass is 9.89. The Kier molecular flexibility index (Phi) is 4.31. The first kappa shape index (κ1) is 11.8. The van der Waals surface area contributed by atoms with Crippen molar-refractivity contribution in [2.24, 2.45) is 11.8 Å². The van der Waals surface area contributed by atoms with Gasteiger partial charge in [-0.05, 0) is 6.42 Å². The number of hydrogen-bond acceptors (Lipinski definition) is 3. The fourth-order valence-electron chi connectivity index (χ4n) is 1.07. The Morgan fingerprint density at radius 3 is 1.92 bits per heavy atom. The Bertz CT molecular complexity index is 230. The Labute approximate surface area is 76.9 Å². The van der Waals surface area contributed by atoms with Crippen LogP contribution in [0.3, 0.4) is 0 Å². The van der Waals surface area contributed by atoms with Crippen LogP contribution in [0.25, 0.3) is 0 Å². The Hall–Kier alpha value is -1.19. The number of carboxylic acid groups (broad SMARTS) is 1. The molecule has 0 aromatic rings. The van der Waals surface area contributed by atoms with Gasteiger partial charge in [-0.3, -0.25) is 9.59 Å². The second kappa shape index (κ2) is 4.74. The maximum absolute atomic E-state index is 11.3. The van der Waals surface area contributed by atoms with Gasteiger partial charge in [-0.25, -0.2) is 4.79 Å². The van der Waals surface area contributed by atoms with Crippen molar-refractivity contribution in [1.29, 1.82) is 0 Å². The first-order chi connectivity index (χ1) is 5.91. The maximum atomic E-state index is 11.3. The summed E-state index contributed by atoms with van der Waals surface area (Å²) in [5.41, 5.74) is 0. The third kappa shape index (κ3) is 2.97. The molecule has 0 aromatic heterocycles. The molecule has 0 aliphatic carbocycles. The summed E-state index contributed by atoms with van der Waals surface area (Å²) in [5, 5.41) is 8.41. The summed E-state index contributed by atoms with van der Waals surface area (Å²) in [6.45, 7) is 4.94. The molecule has 0 radical (unpaired) electrons. The van der Waals surface area contributed by atoms with Crippen LogP contribution in [0.2, 0.25) is 0 Å². The minimum absolute atomic E-state index is 0.252. The van der Waals surface area contributed by atoms with Crippen LogP contribution in [0, 0.1) is 11.8 Å². The lowest BCUT2D eigenvalue weighted by Gasteiger charge is -2.11. The van der Waals surface area contributed by atoms with Gasteiger partial charge in [0.1, 0.15) is 5.78 Å². The van der Waals surface area contributed by atoms with Crippen LogP contribution < -0.4 is 0 Å². The summed E-state index contributed by atoms with van der Waals surface area (Å²) in [5.74, 6) is -4.09. The van der Waals surface area contributed by atoms with Crippen molar-refractivity contribution in [3.8, 4) is 0 Å². The molecule has 1 N–H and O–H groups in total. The number of carbonyl (C=O) groups excluding carboxylic acids is 2. The smallest absolute Gasteiger partial charge is 0.372 e. The van der Waals surface area contributed by atoms with Gasteiger partial charge in [0.05, 0.1) is 5.92 Å². The lowest BCUT2D eigenvalue weighted by molar-refractivity contribution is -0.153. The van der Waals surface area contributed by atoms with E-state index in [2.05, 4.69) is 0 Å². The predicted molar refractivity (Wildman–Crippen MR) is 46.3 cm³/mol. The molecule has 0 aliphatic rings. The average molecular weight is 186 g/mol. The topological polar surface area (TPSA) is 71.4 Å². The minimum Gasteiger partial charge on any atom is -0.475 e. The van der Waals surface area contributed by atoms with Crippen LogP contribution in [0.1, 0.15) is 27.2 Å². The quantitative estimate of drug-likeness (QED) is 0.511. The molecule has 0 spiro atoms. The highest BCUT2D eigenvalue weighted by atomic mass is 16.4. The molecule has 0 amide bonds. The Morgan fingerprint density at radius 1 is 1.23 bits per heavy atom. The number of ketones is 2. The van der Waals surface area contributed by atoms with E-state index in [-0.39, 0.29) is 18.1 Å². The third-order valence-electron chi connectivity index (χ3n) is 1.85. The molecule has 4 nitrogen and oxygen atoms in total. The summed E-state index contributed by atoms with van der Waals surface area (Å²) < 4.78 is 0. The number of carboxylic acids is 1. The minimum atomic E-state index is -1.53. The zero-order valence-corrected chi connectivity index (χ0v) is 8.03. The summed E-state index contributed by atoms with van der Waals surface area (Å²) >= 11 is 0. The van der Waals surface area contributed by atoms with Crippen LogP contribution >= 0.6 is 0 Å². The monoisotopic (exact) mass is 186 g/mol. The van der Waals surface area contributed by atoms with Gasteiger partial charge in [0.2, 0.25) is 5.78 Å². The molecular weight excluding hydrogens is 172 g/mol. The van der Waals surface area contributed by atoms with E-state index in [0.29, 0.717) is 0 Å². The van der Waals surface area contributed by atoms with Gasteiger partial charge in [-0.15, -0.1) is 0 Å². The van der Waals surface area contributed by atoms with E-state index in [1.165, 1.54) is 0 Å². The molecule has 13 heavy (non-hydrogen) atoms. The van der Waals surface area contributed by atoms with Gasteiger partial charge in [0.15, 0.2) is 0 Å². The van der Waals surface area contributed by atoms with Crippen molar-refractivity contribution < 1.29 is 19.5 Å². The van der Waals surface area contributed by atoms with Crippen LogP contribution in [0.15, 0.2) is 0 Å². The van der Waals surface area contributed by atoms with Gasteiger partial charge < -0.3 is 5.11 Å². The zero-order chi connectivity index (χ0) is 10.6. The third-order valence-corrected chi connectivity index (χ3v) is 1.85. The molecule has 0 saturated heterocycles. The van der Waals surface area contributed by atoms with Gasteiger partial charge in [-0.1, -0.05) is 20.8 Å². The molecule has 0 aliphatic heterocycles. The molecular formula is C9H14O4. The SMILES string of the molecule is CCC(C(=O)C(=O)O)C(=O)C(C)C. The van der Waals surface area contributed by atoms with Crippen LogP contribution in [0.4, 0.5) is 0 Å². The summed E-state index contributed by atoms with van der Waals surface area (Å²) in [6, 6.07) is 0. The van der Waals surface area contributed by atoms with Crippen molar-refractivity contribution >= 4 is 17.5 Å². The van der Waals surface area contributed by atoms with Gasteiger partial charge in [0, 0.05) is 5.92 Å². The molecule has 4 heteroatoms. The second-order valence-corrected chi connectivity index (χ2v) is 3.19. The van der Waals surface area contributed by atoms with E-state index < -0.39 is 17.7 Å². The second-order valence-electron chi connectivity index (χ2n) is 3.19. The molecule has 74 valence electrons. The molecule has 0 fully saturated rings. The van der Waals surface area contributed by atoms with E-state index in [9.17, 15) is 14.4 Å². The summed E-state index contributed by atoms with van der Waals surface area (Å²) in [7, 11) is 0. The Balaban J connectivity index is 4.61. The molecule has 0 saturated carbocycles. The highest BCUT2D eigenvalue weighted by Crippen LogP contribution is 2.12. The number of rotatable bonds is 5. The molecule has 0 aromatic carbocycles. The van der Waals surface area contributed by atoms with Crippen molar-refractivity contribution in [1.82, 2.24) is 0 Å². The number of Topliss-reactive ketones (excluding diaryl/α,β-unsaturated/α-hetero) is 2. The fraction of sp³-hybridized carbons (Fsp3) is 0.667. The average Bonchev–Trinajstić information content (AvgIpc) is 2.04. The van der Waals surface area contributed by atoms with Crippen molar-refractivity contribution in [2.75, 3.05) is 0 Å². The summed E-state index contributed by atoms with van der Waals surface area (Å²) in [6.07, 6.45) is 0.252. The van der Waals surface area contributed by atoms with Crippen LogP contribution in [-0.4, -0.2) is 22.6 Å². The van der Waals surface area contributed by atoms with Crippen molar-refractivity contribution in [3.05, 3.63) is 0 Å². The standard InChI is InChI=1S/C9H14O4/c1-4-6(7(10)5(2)3)8(11)9(12)13/h5-6H,4H2,1-3H3,(H,12,13). The summed E-state index contributed by atoms with van der Waals surface area (Å²) in [4.78, 5) is 32.7. The highest BCUT2D eigenvalue weighted by Gasteiger charge is 2.30. The van der Waals surface area contributed by atoms with Crippen molar-refractivity contribution in [2.45, 2.75) is 27.2 Å². The van der Waals surface area contributed by atoms with Gasteiger partial charge >= 0.3 is 5.97 Å². The molecule has 1 atom stereocenters. The first-order valence-corrected chi connectivity index (χ1v) is 4.22. The molecule has 0 heterocycles. The van der Waals surface area contributed by atoms with E-state index in [1.54, 1.807) is 20.8 Å². The first-order valence-electron chi connectivity index (χ1n) is 4.22. The van der Waals surface area contributed by atoms with Crippen molar-refractivity contribution in [3.63, 3.8) is 0 Å². The fourth-order valence-corrected chi connectivity index (χ4v) is 1.07. The largest absolute Gasteiger partial charge is 0.475 e. The molecule has 0 bridgehead atoms. The number of hydrogen-bond donors (Lipinski definition) is 1. The predicted octanol–water partition coefficient (Wildman–Crippen LogP) is 0.891. The number of aliphatic carboxylic acids is 1. The normalized spacial score (nSPS) is 12.6. The molecule has 0 rings (SSSR count). The van der Waals surface area contributed by atoms with Gasteiger partial charge in [-0.2, -0.15) is 0 Å². The van der Waals surface area contributed by atoms with Crippen LogP contribution in [-0.2, 0) is 14.4 Å². The number of carbonyl (C=O) groups is 3. The maximum Gasteiger partial charge on any atom is 0.372 e. The van der Waals surface area contributed by atoms with Gasteiger partial charge in [0.25, 0.3) is 0 Å². The molecule has 1 unspecified atom stereocenters. The van der Waals surface area contributed by atoms with E-state index in [0.717, 1.165) is 0 Å². The van der Waals surface area contributed by atoms with Crippen LogP contribution in [0.5, 0.6) is 0 Å². The lowest BCUT2D eigenvalue weighted by Crippen LogP contribution is -2.32. The van der Waals surface area contributed by atoms with E-state index in [1.807, 2.05) is 0 Å².